The van der Waals surface area contributed by atoms with Crippen molar-refractivity contribution in [1.29, 1.82) is 0 Å². The number of aromatic nitrogens is 2. The predicted octanol–water partition coefficient (Wildman–Crippen LogP) is 2.63. The lowest BCUT2D eigenvalue weighted by molar-refractivity contribution is 0.0784. The third-order valence-electron chi connectivity index (χ3n) is 3.82. The summed E-state index contributed by atoms with van der Waals surface area (Å²) in [6, 6.07) is 0. The molecule has 3 rings (SSSR count). The van der Waals surface area contributed by atoms with Gasteiger partial charge in [-0.3, -0.25) is 9.48 Å². The third-order valence-corrected chi connectivity index (χ3v) is 4.91. The lowest BCUT2D eigenvalue weighted by atomic mass is 9.95. The Balaban J connectivity index is 1.76. The van der Waals surface area contributed by atoms with E-state index in [4.69, 9.17) is 0 Å². The van der Waals surface area contributed by atoms with Crippen LogP contribution in [0.1, 0.15) is 39.2 Å². The number of amides is 1. The summed E-state index contributed by atoms with van der Waals surface area (Å²) in [5.41, 5.74) is 3.27. The molecule has 1 aliphatic rings. The molecule has 0 saturated heterocycles. The zero-order valence-corrected chi connectivity index (χ0v) is 12.7. The fraction of sp³-hybridized carbons (Fsp3) is 0.467. The molecular weight excluding hydrogens is 270 g/mol. The van der Waals surface area contributed by atoms with Gasteiger partial charge in [-0.15, -0.1) is 11.3 Å². The number of carbonyl (C=O) groups is 1. The van der Waals surface area contributed by atoms with Gasteiger partial charge in [-0.25, -0.2) is 0 Å². The average Bonchev–Trinajstić information content (AvgIpc) is 3.04. The quantitative estimate of drug-likeness (QED) is 0.871. The van der Waals surface area contributed by atoms with Crippen molar-refractivity contribution in [2.75, 3.05) is 7.05 Å². The van der Waals surface area contributed by atoms with E-state index in [0.717, 1.165) is 24.0 Å². The Kier molecular flexibility index (Phi) is 3.61. The molecule has 1 aliphatic carbocycles. The van der Waals surface area contributed by atoms with Crippen molar-refractivity contribution in [2.24, 2.45) is 7.05 Å². The van der Waals surface area contributed by atoms with Crippen molar-refractivity contribution in [3.63, 3.8) is 0 Å². The number of thiophene rings is 1. The SMILES string of the molecule is CN(Cc1cnn(C)c1)C(=O)c1csc2c1CCCC2. The summed E-state index contributed by atoms with van der Waals surface area (Å²) in [5.74, 6) is 0.133. The molecule has 5 heteroatoms. The van der Waals surface area contributed by atoms with E-state index < -0.39 is 0 Å². The maximum Gasteiger partial charge on any atom is 0.255 e. The summed E-state index contributed by atoms with van der Waals surface area (Å²) in [5, 5.41) is 6.18. The van der Waals surface area contributed by atoms with Crippen molar-refractivity contribution in [3.05, 3.63) is 39.3 Å². The Morgan fingerprint density at radius 3 is 3.00 bits per heavy atom. The van der Waals surface area contributed by atoms with E-state index in [1.165, 1.54) is 23.3 Å². The molecule has 2 aromatic rings. The van der Waals surface area contributed by atoms with E-state index in [1.54, 1.807) is 20.9 Å². The van der Waals surface area contributed by atoms with Gasteiger partial charge in [0.15, 0.2) is 0 Å². The molecule has 20 heavy (non-hydrogen) atoms. The van der Waals surface area contributed by atoms with Gasteiger partial charge in [-0.05, 0) is 31.2 Å². The summed E-state index contributed by atoms with van der Waals surface area (Å²) in [6.07, 6.45) is 8.42. The number of hydrogen-bond donors (Lipinski definition) is 0. The van der Waals surface area contributed by atoms with Crippen LogP contribution in [0.15, 0.2) is 17.8 Å². The van der Waals surface area contributed by atoms with Gasteiger partial charge in [0.25, 0.3) is 5.91 Å². The number of carbonyl (C=O) groups excluding carboxylic acids is 1. The normalized spacial score (nSPS) is 14.1. The van der Waals surface area contributed by atoms with Crippen molar-refractivity contribution >= 4 is 17.2 Å². The molecule has 4 nitrogen and oxygen atoms in total. The molecule has 106 valence electrons. The summed E-state index contributed by atoms with van der Waals surface area (Å²) in [6.45, 7) is 0.608. The minimum Gasteiger partial charge on any atom is -0.337 e. The van der Waals surface area contributed by atoms with Crippen LogP contribution in [0.2, 0.25) is 0 Å². The average molecular weight is 289 g/mol. The van der Waals surface area contributed by atoms with E-state index in [0.29, 0.717) is 6.54 Å². The molecule has 0 saturated carbocycles. The van der Waals surface area contributed by atoms with Crippen LogP contribution >= 0.6 is 11.3 Å². The number of fused-ring (bicyclic) bond motifs is 1. The largest absolute Gasteiger partial charge is 0.337 e. The fourth-order valence-electron chi connectivity index (χ4n) is 2.78. The Bertz CT molecular complexity index is 629. The maximum atomic E-state index is 12.6. The first-order valence-electron chi connectivity index (χ1n) is 6.97. The van der Waals surface area contributed by atoms with Gasteiger partial charge in [0.1, 0.15) is 0 Å². The molecule has 2 aromatic heterocycles. The first-order valence-corrected chi connectivity index (χ1v) is 7.85. The summed E-state index contributed by atoms with van der Waals surface area (Å²) in [4.78, 5) is 15.8. The van der Waals surface area contributed by atoms with Crippen molar-refractivity contribution in [3.8, 4) is 0 Å². The van der Waals surface area contributed by atoms with E-state index in [2.05, 4.69) is 5.10 Å². The maximum absolute atomic E-state index is 12.6. The Morgan fingerprint density at radius 2 is 2.25 bits per heavy atom. The second-order valence-electron chi connectivity index (χ2n) is 5.44. The van der Waals surface area contributed by atoms with E-state index >= 15 is 0 Å². The number of nitrogens with zero attached hydrogens (tertiary/aromatic N) is 3. The zero-order valence-electron chi connectivity index (χ0n) is 11.9. The molecule has 0 aromatic carbocycles. The molecule has 0 bridgehead atoms. The Morgan fingerprint density at radius 1 is 1.45 bits per heavy atom. The first-order chi connectivity index (χ1) is 9.65. The number of rotatable bonds is 3. The molecule has 1 amide bonds. The van der Waals surface area contributed by atoms with Crippen LogP contribution in [0.3, 0.4) is 0 Å². The second-order valence-corrected chi connectivity index (χ2v) is 6.41. The van der Waals surface area contributed by atoms with Crippen LogP contribution in [-0.4, -0.2) is 27.6 Å². The Hall–Kier alpha value is -1.62. The summed E-state index contributed by atoms with van der Waals surface area (Å²) < 4.78 is 1.76. The molecule has 0 radical (unpaired) electrons. The topological polar surface area (TPSA) is 38.1 Å². The lowest BCUT2D eigenvalue weighted by Gasteiger charge is -2.18. The highest BCUT2D eigenvalue weighted by Gasteiger charge is 2.22. The van der Waals surface area contributed by atoms with E-state index in [9.17, 15) is 4.79 Å². The van der Waals surface area contributed by atoms with E-state index in [1.807, 2.05) is 31.9 Å². The van der Waals surface area contributed by atoms with Crippen LogP contribution in [-0.2, 0) is 26.4 Å². The highest BCUT2D eigenvalue weighted by molar-refractivity contribution is 7.10. The molecule has 0 aliphatic heterocycles. The molecule has 0 fully saturated rings. The van der Waals surface area contributed by atoms with Gasteiger partial charge in [0.05, 0.1) is 11.8 Å². The van der Waals surface area contributed by atoms with Crippen molar-refractivity contribution < 1.29 is 4.79 Å². The van der Waals surface area contributed by atoms with E-state index in [-0.39, 0.29) is 5.91 Å². The highest BCUT2D eigenvalue weighted by atomic mass is 32.1. The fourth-order valence-corrected chi connectivity index (χ4v) is 3.90. The van der Waals surface area contributed by atoms with Crippen LogP contribution in [0, 0.1) is 0 Å². The monoisotopic (exact) mass is 289 g/mol. The lowest BCUT2D eigenvalue weighted by Crippen LogP contribution is -2.26. The van der Waals surface area contributed by atoms with Gasteiger partial charge >= 0.3 is 0 Å². The molecule has 0 unspecified atom stereocenters. The smallest absolute Gasteiger partial charge is 0.255 e. The predicted molar refractivity (Wildman–Crippen MR) is 80.0 cm³/mol. The summed E-state index contributed by atoms with van der Waals surface area (Å²) >= 11 is 1.74. The van der Waals surface area contributed by atoms with Gasteiger partial charge in [0, 0.05) is 42.7 Å². The van der Waals surface area contributed by atoms with Crippen molar-refractivity contribution in [2.45, 2.75) is 32.2 Å². The van der Waals surface area contributed by atoms with Gasteiger partial charge < -0.3 is 4.90 Å². The molecule has 0 spiro atoms. The standard InChI is InChI=1S/C15H19N3OS/c1-17(8-11-7-16-18(2)9-11)15(19)13-10-20-14-6-4-3-5-12(13)14/h7,9-10H,3-6,8H2,1-2H3. The minimum absolute atomic E-state index is 0.133. The van der Waals surface area contributed by atoms with Crippen LogP contribution in [0.4, 0.5) is 0 Å². The number of hydrogen-bond acceptors (Lipinski definition) is 3. The molecule has 0 atom stereocenters. The van der Waals surface area contributed by atoms with Crippen molar-refractivity contribution in [1.82, 2.24) is 14.7 Å². The minimum atomic E-state index is 0.133. The van der Waals surface area contributed by atoms with Crippen LogP contribution < -0.4 is 0 Å². The third kappa shape index (κ3) is 2.50. The van der Waals surface area contributed by atoms with Crippen LogP contribution in [0.25, 0.3) is 0 Å². The summed E-state index contributed by atoms with van der Waals surface area (Å²) in [7, 11) is 3.75. The molecule has 0 N–H and O–H groups in total. The highest BCUT2D eigenvalue weighted by Crippen LogP contribution is 2.30. The molecule has 2 heterocycles. The van der Waals surface area contributed by atoms with Gasteiger partial charge in [0.2, 0.25) is 0 Å². The van der Waals surface area contributed by atoms with Crippen LogP contribution in [0.5, 0.6) is 0 Å². The van der Waals surface area contributed by atoms with Gasteiger partial charge in [-0.2, -0.15) is 5.10 Å². The Labute approximate surface area is 123 Å². The number of aryl methyl sites for hydroxylation is 2. The van der Waals surface area contributed by atoms with Gasteiger partial charge in [-0.1, -0.05) is 0 Å². The molecular formula is C15H19N3OS. The second kappa shape index (κ2) is 5.40. The zero-order chi connectivity index (χ0) is 14.1. The first kappa shape index (κ1) is 13.4.